The molecule has 0 unspecified atom stereocenters. The molecule has 0 aliphatic carbocycles. The van der Waals surface area contributed by atoms with Crippen LogP contribution in [0.2, 0.25) is 0 Å². The van der Waals surface area contributed by atoms with E-state index in [0.29, 0.717) is 0 Å². The van der Waals surface area contributed by atoms with Gasteiger partial charge in [-0.2, -0.15) is 0 Å². The summed E-state index contributed by atoms with van der Waals surface area (Å²) < 4.78 is 6.56. The number of fused-ring (bicyclic) bond motifs is 5. The Balaban J connectivity index is 1.16. The van der Waals surface area contributed by atoms with Gasteiger partial charge in [-0.3, -0.25) is 4.99 Å². The summed E-state index contributed by atoms with van der Waals surface area (Å²) >= 11 is 1.81. The number of nitrogens with zero attached hydrogens (tertiary/aromatic N) is 1. The van der Waals surface area contributed by atoms with Gasteiger partial charge in [-0.1, -0.05) is 164 Å². The normalized spacial score (nSPS) is 12.7. The van der Waals surface area contributed by atoms with Crippen LogP contribution in [-0.2, 0) is 0 Å². The number of thioether (sulfide) groups is 1. The van der Waals surface area contributed by atoms with E-state index in [1.54, 1.807) is 11.8 Å². The average Bonchev–Trinajstić information content (AvgIpc) is 3.67. The zero-order chi connectivity index (χ0) is 36.6. The molecule has 0 atom stereocenters. The summed E-state index contributed by atoms with van der Waals surface area (Å²) in [4.78, 5) is 5.94. The van der Waals surface area contributed by atoms with Gasteiger partial charge in [0.1, 0.15) is 11.2 Å². The molecule has 3 nitrogen and oxygen atoms in total. The number of nitrogens with one attached hydrogen (secondary N) is 1. The van der Waals surface area contributed by atoms with Crippen LogP contribution in [0.15, 0.2) is 208 Å². The van der Waals surface area contributed by atoms with Crippen LogP contribution in [0.1, 0.15) is 0 Å². The fraction of sp³-hybridized carbons (Fsp3) is 0.0200. The number of aliphatic imine (C=N–C) groups is 1. The van der Waals surface area contributed by atoms with E-state index in [9.17, 15) is 0 Å². The molecule has 1 N–H and O–H groups in total. The number of hydrogen-bond donors (Lipinski definition) is 1. The number of hydrogen-bond acceptors (Lipinski definition) is 4. The SMILES string of the molecule is C1=Nc2ccccc2Nc2ccc(-c3cccc([Si](c4ccccc4)(c4ccccc4)c4cccc(-c5cccc6c5oc5ccccc56)c4)c3)cc2SC1. The second-order valence-electron chi connectivity index (χ2n) is 13.9. The number of benzene rings is 8. The minimum Gasteiger partial charge on any atom is -0.455 e. The standard InChI is InChI=1S/C50H36N2OSSi/c1-3-16-38(17-4-1)55(39-18-5-2-6-19-39,41-21-12-15-37(33-41)42-23-13-24-44-43-22-7-10-27-48(43)53-50(42)44)40-20-11-14-35(32-40)36-28-29-47-49(34-36)54-31-30-51-45-25-8-9-26-46(45)52-47/h1-30,32-34,52H,31H2. The van der Waals surface area contributed by atoms with E-state index in [1.165, 1.54) is 36.8 Å². The van der Waals surface area contributed by atoms with Crippen LogP contribution in [0.25, 0.3) is 44.2 Å². The molecule has 9 aromatic rings. The van der Waals surface area contributed by atoms with Gasteiger partial charge in [0.25, 0.3) is 0 Å². The second-order valence-corrected chi connectivity index (χ2v) is 18.8. The first-order chi connectivity index (χ1) is 27.3. The highest BCUT2D eigenvalue weighted by molar-refractivity contribution is 8.00. The van der Waals surface area contributed by atoms with Crippen molar-refractivity contribution in [2.24, 2.45) is 4.99 Å². The molecule has 0 fully saturated rings. The van der Waals surface area contributed by atoms with E-state index < -0.39 is 8.07 Å². The van der Waals surface area contributed by atoms with Gasteiger partial charge in [-0.05, 0) is 67.8 Å². The molecule has 0 radical (unpaired) electrons. The third kappa shape index (κ3) is 5.89. The van der Waals surface area contributed by atoms with Crippen molar-refractivity contribution in [2.45, 2.75) is 4.90 Å². The van der Waals surface area contributed by atoms with Crippen molar-refractivity contribution in [3.05, 3.63) is 194 Å². The van der Waals surface area contributed by atoms with Gasteiger partial charge in [-0.25, -0.2) is 0 Å². The predicted molar refractivity (Wildman–Crippen MR) is 237 cm³/mol. The van der Waals surface area contributed by atoms with Crippen molar-refractivity contribution in [3.8, 4) is 22.3 Å². The minimum absolute atomic E-state index is 0.794. The molecular formula is C50H36N2OSSi. The highest BCUT2D eigenvalue weighted by atomic mass is 32.2. The lowest BCUT2D eigenvalue weighted by Gasteiger charge is -2.35. The fourth-order valence-electron chi connectivity index (χ4n) is 8.23. The van der Waals surface area contributed by atoms with Gasteiger partial charge in [-0.15, -0.1) is 11.8 Å². The summed E-state index contributed by atoms with van der Waals surface area (Å²) in [6.45, 7) is 0. The summed E-state index contributed by atoms with van der Waals surface area (Å²) in [5.74, 6) is 0.794. The van der Waals surface area contributed by atoms with Crippen LogP contribution < -0.4 is 26.1 Å². The lowest BCUT2D eigenvalue weighted by Crippen LogP contribution is -2.74. The molecule has 0 bridgehead atoms. The minimum atomic E-state index is -2.88. The Bertz CT molecular complexity index is 2830. The van der Waals surface area contributed by atoms with Gasteiger partial charge in [0.15, 0.2) is 8.07 Å². The number of rotatable bonds is 6. The molecule has 0 amide bonds. The summed E-state index contributed by atoms with van der Waals surface area (Å²) in [7, 11) is -2.88. The molecular weight excluding hydrogens is 705 g/mol. The molecule has 5 heteroatoms. The zero-order valence-electron chi connectivity index (χ0n) is 30.0. The molecule has 262 valence electrons. The first kappa shape index (κ1) is 33.2. The maximum absolute atomic E-state index is 6.56. The van der Waals surface area contributed by atoms with Crippen LogP contribution in [0.4, 0.5) is 17.1 Å². The van der Waals surface area contributed by atoms with Gasteiger partial charge in [0.05, 0.1) is 17.1 Å². The molecule has 8 aromatic carbocycles. The molecule has 1 aliphatic heterocycles. The van der Waals surface area contributed by atoms with Crippen molar-refractivity contribution in [1.29, 1.82) is 0 Å². The van der Waals surface area contributed by atoms with Crippen LogP contribution in [0.3, 0.4) is 0 Å². The molecule has 2 heterocycles. The van der Waals surface area contributed by atoms with Crippen molar-refractivity contribution in [2.75, 3.05) is 11.1 Å². The summed E-state index contributed by atoms with van der Waals surface area (Å²) in [5.41, 5.74) is 9.52. The van der Waals surface area contributed by atoms with Crippen LogP contribution in [0, 0.1) is 0 Å². The average molecular weight is 741 g/mol. The van der Waals surface area contributed by atoms with Crippen molar-refractivity contribution < 1.29 is 4.42 Å². The third-order valence-electron chi connectivity index (χ3n) is 10.8. The lowest BCUT2D eigenvalue weighted by molar-refractivity contribution is 0.670. The zero-order valence-corrected chi connectivity index (χ0v) is 31.8. The Morgan fingerprint density at radius 3 is 1.91 bits per heavy atom. The van der Waals surface area contributed by atoms with E-state index in [0.717, 1.165) is 55.9 Å². The van der Waals surface area contributed by atoms with Crippen molar-refractivity contribution >= 4 is 85.8 Å². The van der Waals surface area contributed by atoms with Gasteiger partial charge < -0.3 is 9.73 Å². The summed E-state index contributed by atoms with van der Waals surface area (Å²) in [5, 5.41) is 11.3. The molecule has 0 saturated carbocycles. The van der Waals surface area contributed by atoms with E-state index in [4.69, 9.17) is 9.41 Å². The Morgan fingerprint density at radius 1 is 0.491 bits per heavy atom. The summed E-state index contributed by atoms with van der Waals surface area (Å²) in [6.07, 6.45) is 2.01. The van der Waals surface area contributed by atoms with Gasteiger partial charge in [0, 0.05) is 33.2 Å². The lowest BCUT2D eigenvalue weighted by atomic mass is 10.0. The largest absolute Gasteiger partial charge is 0.455 e. The maximum Gasteiger partial charge on any atom is 0.179 e. The molecule has 1 aliphatic rings. The monoisotopic (exact) mass is 740 g/mol. The molecule has 0 spiro atoms. The molecule has 1 aromatic heterocycles. The summed E-state index contributed by atoms with van der Waals surface area (Å²) in [6, 6.07) is 70.7. The molecule has 0 saturated heterocycles. The van der Waals surface area contributed by atoms with Crippen molar-refractivity contribution in [1.82, 2.24) is 0 Å². The Kier molecular flexibility index (Phi) is 8.51. The van der Waals surface area contributed by atoms with Crippen molar-refractivity contribution in [3.63, 3.8) is 0 Å². The van der Waals surface area contributed by atoms with Crippen LogP contribution >= 0.6 is 11.8 Å². The third-order valence-corrected chi connectivity index (χ3v) is 16.5. The first-order valence-corrected chi connectivity index (χ1v) is 21.6. The van der Waals surface area contributed by atoms with E-state index >= 15 is 0 Å². The Labute approximate surface area is 326 Å². The van der Waals surface area contributed by atoms with Crippen LogP contribution in [-0.4, -0.2) is 20.0 Å². The van der Waals surface area contributed by atoms with E-state index in [1.807, 2.05) is 18.3 Å². The highest BCUT2D eigenvalue weighted by Gasteiger charge is 2.41. The second kappa shape index (κ2) is 14.1. The smallest absolute Gasteiger partial charge is 0.179 e. The molecule has 10 rings (SSSR count). The van der Waals surface area contributed by atoms with Gasteiger partial charge >= 0.3 is 0 Å². The Hall–Kier alpha value is -6.40. The topological polar surface area (TPSA) is 37.5 Å². The molecule has 55 heavy (non-hydrogen) atoms. The van der Waals surface area contributed by atoms with Gasteiger partial charge in [0.2, 0.25) is 0 Å². The quantitative estimate of drug-likeness (QED) is 0.136. The maximum atomic E-state index is 6.56. The first-order valence-electron chi connectivity index (χ1n) is 18.6. The van der Waals surface area contributed by atoms with E-state index in [-0.39, 0.29) is 0 Å². The number of para-hydroxylation sites is 4. The Morgan fingerprint density at radius 2 is 1.11 bits per heavy atom. The predicted octanol–water partition coefficient (Wildman–Crippen LogP) is 10.8. The number of anilines is 2. The fourth-order valence-corrected chi connectivity index (χ4v) is 13.9. The van der Waals surface area contributed by atoms with E-state index in [2.05, 4.69) is 187 Å². The highest BCUT2D eigenvalue weighted by Crippen LogP contribution is 2.38. The van der Waals surface area contributed by atoms with Crippen LogP contribution in [0.5, 0.6) is 0 Å². The number of furan rings is 1.